The SMILES string of the molecule is Cc1nc(CN2CCC(Cn3c(COc4ccccc4)nc4ccccc43)CC2)cs1. The summed E-state index contributed by atoms with van der Waals surface area (Å²) in [5.74, 6) is 2.54. The number of hydrogen-bond donors (Lipinski definition) is 0. The highest BCUT2D eigenvalue weighted by Crippen LogP contribution is 2.25. The fourth-order valence-electron chi connectivity index (χ4n) is 4.40. The Hall–Kier alpha value is -2.70. The van der Waals surface area contributed by atoms with Crippen molar-refractivity contribution in [2.45, 2.75) is 39.5 Å². The molecule has 0 atom stereocenters. The van der Waals surface area contributed by atoms with Crippen LogP contribution in [-0.4, -0.2) is 32.5 Å². The van der Waals surface area contributed by atoms with Gasteiger partial charge in [-0.25, -0.2) is 9.97 Å². The lowest BCUT2D eigenvalue weighted by Gasteiger charge is -2.32. The van der Waals surface area contributed by atoms with E-state index in [1.165, 1.54) is 24.1 Å². The zero-order chi connectivity index (χ0) is 21.0. The maximum atomic E-state index is 6.04. The number of imidazole rings is 1. The van der Waals surface area contributed by atoms with Gasteiger partial charge >= 0.3 is 0 Å². The van der Waals surface area contributed by atoms with Gasteiger partial charge < -0.3 is 9.30 Å². The number of aryl methyl sites for hydroxylation is 1. The number of nitrogens with zero attached hydrogens (tertiary/aromatic N) is 4. The monoisotopic (exact) mass is 432 g/mol. The maximum absolute atomic E-state index is 6.04. The second kappa shape index (κ2) is 9.20. The molecular weight excluding hydrogens is 404 g/mol. The number of para-hydroxylation sites is 3. The van der Waals surface area contributed by atoms with Crippen molar-refractivity contribution in [2.24, 2.45) is 5.92 Å². The summed E-state index contributed by atoms with van der Waals surface area (Å²) in [5, 5.41) is 3.35. The first kappa shape index (κ1) is 20.2. The third kappa shape index (κ3) is 4.81. The summed E-state index contributed by atoms with van der Waals surface area (Å²) in [5.41, 5.74) is 3.46. The molecule has 6 heteroatoms. The van der Waals surface area contributed by atoms with Crippen molar-refractivity contribution in [1.82, 2.24) is 19.4 Å². The van der Waals surface area contributed by atoms with Crippen LogP contribution >= 0.6 is 11.3 Å². The highest BCUT2D eigenvalue weighted by molar-refractivity contribution is 7.09. The van der Waals surface area contributed by atoms with E-state index in [4.69, 9.17) is 9.72 Å². The smallest absolute Gasteiger partial charge is 0.148 e. The Bertz CT molecular complexity index is 1130. The van der Waals surface area contributed by atoms with Crippen LogP contribution in [0.4, 0.5) is 0 Å². The van der Waals surface area contributed by atoms with Crippen molar-refractivity contribution < 1.29 is 4.74 Å². The van der Waals surface area contributed by atoms with Gasteiger partial charge in [-0.3, -0.25) is 4.90 Å². The summed E-state index contributed by atoms with van der Waals surface area (Å²) >= 11 is 1.74. The molecule has 1 aliphatic heterocycles. The zero-order valence-electron chi connectivity index (χ0n) is 17.9. The third-order valence-corrected chi connectivity index (χ3v) is 6.87. The molecule has 2 aromatic heterocycles. The highest BCUT2D eigenvalue weighted by Gasteiger charge is 2.22. The first-order valence-electron chi connectivity index (χ1n) is 11.0. The molecule has 0 bridgehead atoms. The number of fused-ring (bicyclic) bond motifs is 1. The molecule has 0 radical (unpaired) electrons. The molecule has 0 amide bonds. The van der Waals surface area contributed by atoms with Gasteiger partial charge in [-0.05, 0) is 63.0 Å². The molecule has 5 nitrogen and oxygen atoms in total. The Morgan fingerprint density at radius 2 is 1.77 bits per heavy atom. The lowest BCUT2D eigenvalue weighted by molar-refractivity contribution is 0.164. The van der Waals surface area contributed by atoms with E-state index in [-0.39, 0.29) is 0 Å². The normalized spacial score (nSPS) is 15.5. The van der Waals surface area contributed by atoms with Crippen LogP contribution in [0.15, 0.2) is 60.0 Å². The minimum atomic E-state index is 0.487. The molecule has 0 spiro atoms. The third-order valence-electron chi connectivity index (χ3n) is 6.04. The van der Waals surface area contributed by atoms with Crippen LogP contribution in [0.25, 0.3) is 11.0 Å². The van der Waals surface area contributed by atoms with Gasteiger partial charge in [0, 0.05) is 18.5 Å². The molecule has 0 N–H and O–H groups in total. The number of rotatable bonds is 7. The molecule has 160 valence electrons. The van der Waals surface area contributed by atoms with Crippen LogP contribution in [-0.2, 0) is 19.7 Å². The second-order valence-electron chi connectivity index (χ2n) is 8.31. The lowest BCUT2D eigenvalue weighted by atomic mass is 9.96. The molecule has 0 saturated carbocycles. The Morgan fingerprint density at radius 3 is 2.55 bits per heavy atom. The first-order chi connectivity index (χ1) is 15.2. The molecule has 1 fully saturated rings. The fourth-order valence-corrected chi connectivity index (χ4v) is 5.00. The predicted octanol–water partition coefficient (Wildman–Crippen LogP) is 5.29. The van der Waals surface area contributed by atoms with Crippen LogP contribution in [0, 0.1) is 12.8 Å². The second-order valence-corrected chi connectivity index (χ2v) is 9.37. The fraction of sp³-hybridized carbons (Fsp3) is 0.360. The van der Waals surface area contributed by atoms with Gasteiger partial charge in [0.1, 0.15) is 18.2 Å². The summed E-state index contributed by atoms with van der Waals surface area (Å²) in [4.78, 5) is 12.1. The average Bonchev–Trinajstić information content (AvgIpc) is 3.37. The van der Waals surface area contributed by atoms with Gasteiger partial charge in [0.05, 0.1) is 21.7 Å². The Labute approximate surface area is 187 Å². The molecule has 31 heavy (non-hydrogen) atoms. The molecule has 3 heterocycles. The number of likely N-dealkylation sites (tertiary alicyclic amines) is 1. The van der Waals surface area contributed by atoms with Crippen LogP contribution in [0.1, 0.15) is 29.4 Å². The number of ether oxygens (including phenoxy) is 1. The van der Waals surface area contributed by atoms with Crippen LogP contribution in [0.2, 0.25) is 0 Å². The van der Waals surface area contributed by atoms with E-state index >= 15 is 0 Å². The van der Waals surface area contributed by atoms with Crippen molar-refractivity contribution in [1.29, 1.82) is 0 Å². The van der Waals surface area contributed by atoms with Crippen molar-refractivity contribution in [3.63, 3.8) is 0 Å². The number of aromatic nitrogens is 3. The van der Waals surface area contributed by atoms with Crippen molar-refractivity contribution in [3.05, 3.63) is 76.5 Å². The summed E-state index contributed by atoms with van der Waals surface area (Å²) in [6.07, 6.45) is 2.41. The Morgan fingerprint density at radius 1 is 1.00 bits per heavy atom. The van der Waals surface area contributed by atoms with Crippen molar-refractivity contribution in [2.75, 3.05) is 13.1 Å². The highest BCUT2D eigenvalue weighted by atomic mass is 32.1. The van der Waals surface area contributed by atoms with E-state index in [0.29, 0.717) is 12.5 Å². The lowest BCUT2D eigenvalue weighted by Crippen LogP contribution is -2.34. The summed E-state index contributed by atoms with van der Waals surface area (Å²) in [6, 6.07) is 18.4. The van der Waals surface area contributed by atoms with Crippen LogP contribution in [0.5, 0.6) is 5.75 Å². The number of benzene rings is 2. The molecule has 5 rings (SSSR count). The van der Waals surface area contributed by atoms with Crippen molar-refractivity contribution in [3.8, 4) is 5.75 Å². The van der Waals surface area contributed by atoms with Gasteiger partial charge in [0.15, 0.2) is 0 Å². The Balaban J connectivity index is 1.26. The molecular formula is C25H28N4OS. The number of hydrogen-bond acceptors (Lipinski definition) is 5. The van der Waals surface area contributed by atoms with E-state index in [9.17, 15) is 0 Å². The first-order valence-corrected chi connectivity index (χ1v) is 11.9. The van der Waals surface area contributed by atoms with Gasteiger partial charge in [-0.15, -0.1) is 11.3 Å². The quantitative estimate of drug-likeness (QED) is 0.398. The van der Waals surface area contributed by atoms with E-state index in [2.05, 4.69) is 51.0 Å². The minimum absolute atomic E-state index is 0.487. The van der Waals surface area contributed by atoms with Gasteiger partial charge in [0.2, 0.25) is 0 Å². The molecule has 1 aliphatic rings. The zero-order valence-corrected chi connectivity index (χ0v) is 18.7. The molecule has 4 aromatic rings. The molecule has 1 saturated heterocycles. The van der Waals surface area contributed by atoms with E-state index in [0.717, 1.165) is 48.3 Å². The van der Waals surface area contributed by atoms with Gasteiger partial charge in [-0.2, -0.15) is 0 Å². The van der Waals surface area contributed by atoms with E-state index in [1.54, 1.807) is 11.3 Å². The summed E-state index contributed by atoms with van der Waals surface area (Å²) in [6.45, 7) is 6.79. The van der Waals surface area contributed by atoms with E-state index in [1.807, 2.05) is 30.3 Å². The number of thiazole rings is 1. The van der Waals surface area contributed by atoms with Gasteiger partial charge in [-0.1, -0.05) is 30.3 Å². The van der Waals surface area contributed by atoms with Crippen LogP contribution in [0.3, 0.4) is 0 Å². The Kier molecular flexibility index (Phi) is 6.00. The average molecular weight is 433 g/mol. The molecule has 0 unspecified atom stereocenters. The number of piperidine rings is 1. The maximum Gasteiger partial charge on any atom is 0.148 e. The van der Waals surface area contributed by atoms with Crippen molar-refractivity contribution >= 4 is 22.4 Å². The van der Waals surface area contributed by atoms with Crippen LogP contribution < -0.4 is 4.74 Å². The predicted molar refractivity (Wildman–Crippen MR) is 125 cm³/mol. The molecule has 2 aromatic carbocycles. The minimum Gasteiger partial charge on any atom is -0.486 e. The standard InChI is InChI=1S/C25H28N4OS/c1-19-26-21(18-31-19)16-28-13-11-20(12-14-28)15-29-24-10-6-5-9-23(24)27-25(29)17-30-22-7-3-2-4-8-22/h2-10,18,20H,11-17H2,1H3. The molecule has 0 aliphatic carbocycles. The van der Waals surface area contributed by atoms with Gasteiger partial charge in [0.25, 0.3) is 0 Å². The summed E-state index contributed by atoms with van der Waals surface area (Å²) in [7, 11) is 0. The summed E-state index contributed by atoms with van der Waals surface area (Å²) < 4.78 is 8.42. The van der Waals surface area contributed by atoms with E-state index < -0.39 is 0 Å². The largest absolute Gasteiger partial charge is 0.486 e. The topological polar surface area (TPSA) is 43.2 Å².